The Morgan fingerprint density at radius 1 is 1.14 bits per heavy atom. The van der Waals surface area contributed by atoms with E-state index in [1.54, 1.807) is 0 Å². The Morgan fingerprint density at radius 2 is 1.86 bits per heavy atom. The summed E-state index contributed by atoms with van der Waals surface area (Å²) < 4.78 is 33.3. The molecule has 0 fully saturated rings. The van der Waals surface area contributed by atoms with Crippen molar-refractivity contribution >= 4 is 11.0 Å². The fourth-order valence-corrected chi connectivity index (χ4v) is 2.24. The molecular weight excluding hydrogens is 286 g/mol. The maximum absolute atomic E-state index is 14.1. The van der Waals surface area contributed by atoms with Gasteiger partial charge in [0.25, 0.3) is 0 Å². The van der Waals surface area contributed by atoms with Gasteiger partial charge in [0.1, 0.15) is 5.82 Å². The first kappa shape index (κ1) is 14.5. The summed E-state index contributed by atoms with van der Waals surface area (Å²) in [4.78, 5) is 7.39. The molecule has 0 aliphatic carbocycles. The molecule has 1 aromatic heterocycles. The molecule has 0 aliphatic heterocycles. The highest BCUT2D eigenvalue weighted by molar-refractivity contribution is 5.79. The lowest BCUT2D eigenvalue weighted by Crippen LogP contribution is -2.01. The molecule has 2 aromatic carbocycles. The van der Waals surface area contributed by atoms with Gasteiger partial charge in [-0.1, -0.05) is 25.5 Å². The minimum absolute atomic E-state index is 0.300. The SMILES string of the molecule is CCCCOc1c(F)cc(-c2nc3ccccc3[nH]2)cc1F. The van der Waals surface area contributed by atoms with Crippen LogP contribution in [0.5, 0.6) is 5.75 Å². The maximum Gasteiger partial charge on any atom is 0.190 e. The van der Waals surface area contributed by atoms with Crippen LogP contribution < -0.4 is 4.74 Å². The van der Waals surface area contributed by atoms with Crippen LogP contribution in [0.2, 0.25) is 0 Å². The topological polar surface area (TPSA) is 37.9 Å². The van der Waals surface area contributed by atoms with E-state index < -0.39 is 11.6 Å². The van der Waals surface area contributed by atoms with Crippen molar-refractivity contribution in [2.24, 2.45) is 0 Å². The van der Waals surface area contributed by atoms with Crippen LogP contribution in [0.1, 0.15) is 19.8 Å². The number of benzene rings is 2. The number of fused-ring (bicyclic) bond motifs is 1. The lowest BCUT2D eigenvalue weighted by atomic mass is 10.2. The monoisotopic (exact) mass is 302 g/mol. The number of H-pyrrole nitrogens is 1. The molecule has 0 radical (unpaired) electrons. The smallest absolute Gasteiger partial charge is 0.190 e. The van der Waals surface area contributed by atoms with Crippen LogP contribution in [-0.4, -0.2) is 16.6 Å². The summed E-state index contributed by atoms with van der Waals surface area (Å²) in [6.45, 7) is 2.29. The molecule has 3 aromatic rings. The van der Waals surface area contributed by atoms with E-state index in [9.17, 15) is 8.78 Å². The van der Waals surface area contributed by atoms with Crippen LogP contribution >= 0.6 is 0 Å². The average molecular weight is 302 g/mol. The zero-order chi connectivity index (χ0) is 15.5. The first-order valence-corrected chi connectivity index (χ1v) is 7.26. The standard InChI is InChI=1S/C17H16F2N2O/c1-2-3-8-22-16-12(18)9-11(10-13(16)19)17-20-14-6-4-5-7-15(14)21-17/h4-7,9-10H,2-3,8H2,1H3,(H,20,21). The minimum Gasteiger partial charge on any atom is -0.488 e. The van der Waals surface area contributed by atoms with E-state index in [0.29, 0.717) is 18.0 Å². The number of ether oxygens (including phenoxy) is 1. The highest BCUT2D eigenvalue weighted by Gasteiger charge is 2.15. The third kappa shape index (κ3) is 2.79. The van der Waals surface area contributed by atoms with Crippen molar-refractivity contribution in [3.8, 4) is 17.1 Å². The third-order valence-electron chi connectivity index (χ3n) is 3.41. The molecule has 3 rings (SSSR count). The van der Waals surface area contributed by atoms with Crippen LogP contribution in [0.25, 0.3) is 22.4 Å². The van der Waals surface area contributed by atoms with Crippen molar-refractivity contribution in [2.45, 2.75) is 19.8 Å². The number of aromatic amines is 1. The molecule has 0 spiro atoms. The van der Waals surface area contributed by atoms with E-state index in [0.717, 1.165) is 23.9 Å². The van der Waals surface area contributed by atoms with Crippen molar-refractivity contribution in [3.63, 3.8) is 0 Å². The third-order valence-corrected chi connectivity index (χ3v) is 3.41. The molecule has 0 saturated carbocycles. The summed E-state index contributed by atoms with van der Waals surface area (Å²) in [5, 5.41) is 0. The fraction of sp³-hybridized carbons (Fsp3) is 0.235. The molecule has 1 N–H and O–H groups in total. The van der Waals surface area contributed by atoms with Crippen molar-refractivity contribution in [2.75, 3.05) is 6.61 Å². The number of imidazole rings is 1. The normalized spacial score (nSPS) is 11.0. The number of hydrogen-bond acceptors (Lipinski definition) is 2. The zero-order valence-electron chi connectivity index (χ0n) is 12.2. The highest BCUT2D eigenvalue weighted by Crippen LogP contribution is 2.29. The Bertz CT molecular complexity index is 742. The predicted octanol–water partition coefficient (Wildman–Crippen LogP) is 4.69. The molecular formula is C17H16F2N2O. The Labute approximate surface area is 127 Å². The number of para-hydroxylation sites is 2. The van der Waals surface area contributed by atoms with Gasteiger partial charge in [0.2, 0.25) is 0 Å². The summed E-state index contributed by atoms with van der Waals surface area (Å²) in [5.41, 5.74) is 1.93. The van der Waals surface area contributed by atoms with Gasteiger partial charge in [0, 0.05) is 5.56 Å². The summed E-state index contributed by atoms with van der Waals surface area (Å²) in [6.07, 6.45) is 1.66. The van der Waals surface area contributed by atoms with E-state index >= 15 is 0 Å². The molecule has 3 nitrogen and oxygen atoms in total. The van der Waals surface area contributed by atoms with E-state index in [1.807, 2.05) is 31.2 Å². The molecule has 0 atom stereocenters. The number of nitrogens with one attached hydrogen (secondary N) is 1. The largest absolute Gasteiger partial charge is 0.488 e. The quantitative estimate of drug-likeness (QED) is 0.694. The summed E-state index contributed by atoms with van der Waals surface area (Å²) in [7, 11) is 0. The van der Waals surface area contributed by atoms with Crippen LogP contribution in [0.3, 0.4) is 0 Å². The Kier molecular flexibility index (Phi) is 4.04. The number of hydrogen-bond donors (Lipinski definition) is 1. The molecule has 0 bridgehead atoms. The number of aromatic nitrogens is 2. The molecule has 0 saturated heterocycles. The lowest BCUT2D eigenvalue weighted by Gasteiger charge is -2.09. The van der Waals surface area contributed by atoms with E-state index in [2.05, 4.69) is 9.97 Å². The van der Waals surface area contributed by atoms with Crippen LogP contribution in [0, 0.1) is 11.6 Å². The highest BCUT2D eigenvalue weighted by atomic mass is 19.1. The molecule has 114 valence electrons. The molecule has 0 unspecified atom stereocenters. The van der Waals surface area contributed by atoms with Crippen LogP contribution in [0.4, 0.5) is 8.78 Å². The maximum atomic E-state index is 14.1. The first-order valence-electron chi connectivity index (χ1n) is 7.26. The minimum atomic E-state index is -0.716. The number of rotatable bonds is 5. The van der Waals surface area contributed by atoms with E-state index in [-0.39, 0.29) is 5.75 Å². The number of halogens is 2. The van der Waals surface area contributed by atoms with Crippen LogP contribution in [0.15, 0.2) is 36.4 Å². The molecule has 0 aliphatic rings. The average Bonchev–Trinajstić information content (AvgIpc) is 2.94. The van der Waals surface area contributed by atoms with Crippen molar-refractivity contribution in [1.82, 2.24) is 9.97 Å². The second-order valence-corrected chi connectivity index (χ2v) is 5.07. The van der Waals surface area contributed by atoms with Gasteiger partial charge in [0.15, 0.2) is 17.4 Å². The van der Waals surface area contributed by atoms with Gasteiger partial charge in [-0.15, -0.1) is 0 Å². The van der Waals surface area contributed by atoms with Gasteiger partial charge in [0.05, 0.1) is 17.6 Å². The van der Waals surface area contributed by atoms with Crippen molar-refractivity contribution < 1.29 is 13.5 Å². The van der Waals surface area contributed by atoms with Gasteiger partial charge in [-0.3, -0.25) is 0 Å². The first-order chi connectivity index (χ1) is 10.7. The van der Waals surface area contributed by atoms with Gasteiger partial charge in [-0.2, -0.15) is 0 Å². The van der Waals surface area contributed by atoms with Gasteiger partial charge in [-0.05, 0) is 30.7 Å². The van der Waals surface area contributed by atoms with Gasteiger partial charge < -0.3 is 9.72 Å². The molecule has 0 amide bonds. The summed E-state index contributed by atoms with van der Waals surface area (Å²) in [6, 6.07) is 9.91. The van der Waals surface area contributed by atoms with Gasteiger partial charge in [-0.25, -0.2) is 13.8 Å². The molecule has 22 heavy (non-hydrogen) atoms. The Balaban J connectivity index is 1.94. The second-order valence-electron chi connectivity index (χ2n) is 5.07. The number of nitrogens with zero attached hydrogens (tertiary/aromatic N) is 1. The summed E-state index contributed by atoms with van der Waals surface area (Å²) >= 11 is 0. The second kappa shape index (κ2) is 6.13. The van der Waals surface area contributed by atoms with Gasteiger partial charge >= 0.3 is 0 Å². The lowest BCUT2D eigenvalue weighted by molar-refractivity contribution is 0.279. The van der Waals surface area contributed by atoms with E-state index in [4.69, 9.17) is 4.74 Å². The van der Waals surface area contributed by atoms with E-state index in [1.165, 1.54) is 12.1 Å². The van der Waals surface area contributed by atoms with Crippen molar-refractivity contribution in [1.29, 1.82) is 0 Å². The predicted molar refractivity (Wildman–Crippen MR) is 81.8 cm³/mol. The van der Waals surface area contributed by atoms with Crippen LogP contribution in [-0.2, 0) is 0 Å². The Hall–Kier alpha value is -2.43. The van der Waals surface area contributed by atoms with Crippen molar-refractivity contribution in [3.05, 3.63) is 48.0 Å². The fourth-order valence-electron chi connectivity index (χ4n) is 2.24. The number of unbranched alkanes of at least 4 members (excludes halogenated alkanes) is 1. The zero-order valence-corrected chi connectivity index (χ0v) is 12.2. The molecule has 1 heterocycles. The summed E-state index contributed by atoms with van der Waals surface area (Å²) in [5.74, 6) is -1.33. The Morgan fingerprint density at radius 3 is 2.55 bits per heavy atom. The molecule has 5 heteroatoms.